The molecule has 0 saturated carbocycles. The second kappa shape index (κ2) is 4.97. The molecule has 0 aromatic rings. The highest BCUT2D eigenvalue weighted by molar-refractivity contribution is 5.77. The van der Waals surface area contributed by atoms with Crippen molar-refractivity contribution in [3.63, 3.8) is 0 Å². The van der Waals surface area contributed by atoms with Gasteiger partial charge in [-0.15, -0.1) is 0 Å². The lowest BCUT2D eigenvalue weighted by Crippen LogP contribution is -2.47. The van der Waals surface area contributed by atoms with Gasteiger partial charge < -0.3 is 10.4 Å². The molecular formula is C6H10F3NO2. The summed E-state index contributed by atoms with van der Waals surface area (Å²) in [6, 6.07) is 0. The van der Waals surface area contributed by atoms with E-state index in [1.54, 1.807) is 0 Å². The lowest BCUT2D eigenvalue weighted by Gasteiger charge is -2.25. The molecule has 0 radical (unpaired) electrons. The number of carboxylic acids is 1. The van der Waals surface area contributed by atoms with Gasteiger partial charge in [0.2, 0.25) is 5.67 Å². The number of carboxylic acid groups (broad SMARTS) is 1. The van der Waals surface area contributed by atoms with Crippen molar-refractivity contribution in [1.29, 1.82) is 0 Å². The lowest BCUT2D eigenvalue weighted by molar-refractivity contribution is -0.152. The number of carbonyl (C=O) groups is 1. The summed E-state index contributed by atoms with van der Waals surface area (Å²) in [5, 5.41) is 11.1. The Hall–Kier alpha value is -0.780. The second-order valence-corrected chi connectivity index (χ2v) is 2.55. The molecule has 0 aromatic carbocycles. The topological polar surface area (TPSA) is 49.3 Å². The Labute approximate surface area is 67.4 Å². The van der Waals surface area contributed by atoms with E-state index in [-0.39, 0.29) is 13.0 Å². The van der Waals surface area contributed by atoms with Crippen LogP contribution in [0.25, 0.3) is 0 Å². The summed E-state index contributed by atoms with van der Waals surface area (Å²) in [6.07, 6.45) is 0.734. The Morgan fingerprint density at radius 3 is 2.33 bits per heavy atom. The van der Waals surface area contributed by atoms with E-state index in [0.717, 1.165) is 6.54 Å². The van der Waals surface area contributed by atoms with Crippen LogP contribution in [-0.4, -0.2) is 29.8 Å². The third kappa shape index (κ3) is 2.69. The van der Waals surface area contributed by atoms with Crippen molar-refractivity contribution in [3.8, 4) is 0 Å². The summed E-state index contributed by atoms with van der Waals surface area (Å²) in [5.74, 6) is -1.35. The number of rotatable bonds is 1. The van der Waals surface area contributed by atoms with Crippen LogP contribution in [-0.2, 0) is 4.79 Å². The van der Waals surface area contributed by atoms with Gasteiger partial charge in [0.05, 0.1) is 0 Å². The number of hydrogen-bond acceptors (Lipinski definition) is 2. The van der Waals surface area contributed by atoms with Gasteiger partial charge in [0.15, 0.2) is 0 Å². The third-order valence-electron chi connectivity index (χ3n) is 1.72. The quantitative estimate of drug-likeness (QED) is 0.640. The van der Waals surface area contributed by atoms with E-state index in [0.29, 0.717) is 6.42 Å². The smallest absolute Gasteiger partial charge is 0.342 e. The van der Waals surface area contributed by atoms with Gasteiger partial charge in [-0.1, -0.05) is 0 Å². The first kappa shape index (κ1) is 11.2. The van der Waals surface area contributed by atoms with Crippen molar-refractivity contribution in [2.45, 2.75) is 18.5 Å². The molecule has 1 saturated heterocycles. The maximum absolute atomic E-state index is 13.0. The van der Waals surface area contributed by atoms with Crippen LogP contribution in [0.5, 0.6) is 0 Å². The Kier molecular flexibility index (Phi) is 4.65. The van der Waals surface area contributed by atoms with Crippen molar-refractivity contribution in [2.75, 3.05) is 13.1 Å². The molecule has 1 fully saturated rings. The van der Waals surface area contributed by atoms with Crippen LogP contribution >= 0.6 is 0 Å². The van der Waals surface area contributed by atoms with Gasteiger partial charge in [-0.2, -0.15) is 0 Å². The Morgan fingerprint density at radius 1 is 1.50 bits per heavy atom. The molecule has 12 heavy (non-hydrogen) atoms. The zero-order chi connectivity index (χ0) is 9.61. The van der Waals surface area contributed by atoms with Gasteiger partial charge in [0.25, 0.3) is 0 Å². The van der Waals surface area contributed by atoms with Crippen LogP contribution < -0.4 is 5.32 Å². The minimum Gasteiger partial charge on any atom is -0.479 e. The Morgan fingerprint density at radius 2 is 2.08 bits per heavy atom. The number of alkyl halides is 1. The molecule has 72 valence electrons. The van der Waals surface area contributed by atoms with Crippen LogP contribution in [0.3, 0.4) is 0 Å². The molecule has 1 atom stereocenters. The summed E-state index contributed by atoms with van der Waals surface area (Å²) in [4.78, 5) is 10.3. The van der Waals surface area contributed by atoms with Gasteiger partial charge in [-0.05, 0) is 19.4 Å². The Balaban J connectivity index is 0.000000561. The van der Waals surface area contributed by atoms with Crippen molar-refractivity contribution >= 4 is 5.97 Å². The zero-order valence-electron chi connectivity index (χ0n) is 6.32. The molecule has 1 heterocycles. The summed E-state index contributed by atoms with van der Waals surface area (Å²) < 4.78 is 29.0. The van der Waals surface area contributed by atoms with Crippen LogP contribution in [0.4, 0.5) is 13.5 Å². The van der Waals surface area contributed by atoms with E-state index in [2.05, 4.69) is 5.32 Å². The molecule has 3 nitrogen and oxygen atoms in total. The largest absolute Gasteiger partial charge is 0.479 e. The number of nitrogens with one attached hydrogen (secondary N) is 1. The van der Waals surface area contributed by atoms with Gasteiger partial charge in [-0.3, -0.25) is 0 Å². The molecule has 0 aromatic heterocycles. The van der Waals surface area contributed by atoms with Crippen molar-refractivity contribution < 1.29 is 23.4 Å². The van der Waals surface area contributed by atoms with Crippen LogP contribution in [0, 0.1) is 0 Å². The number of piperidine rings is 1. The highest BCUT2D eigenvalue weighted by Gasteiger charge is 2.39. The summed E-state index contributed by atoms with van der Waals surface area (Å²) in [6.45, 7) is 0.668. The molecule has 1 unspecified atom stereocenters. The van der Waals surface area contributed by atoms with Crippen molar-refractivity contribution in [1.82, 2.24) is 5.32 Å². The normalized spacial score (nSPS) is 28.6. The predicted octanol–water partition coefficient (Wildman–Crippen LogP) is 1.00. The SMILES string of the molecule is FF.O=C(O)C1(F)CCCNC1. The summed E-state index contributed by atoms with van der Waals surface area (Å²) >= 11 is 0. The average molecular weight is 185 g/mol. The molecule has 1 aliphatic rings. The molecule has 1 aliphatic heterocycles. The number of hydrogen-bond donors (Lipinski definition) is 2. The van der Waals surface area contributed by atoms with E-state index in [1.165, 1.54) is 0 Å². The van der Waals surface area contributed by atoms with Gasteiger partial charge >= 0.3 is 5.97 Å². The first-order chi connectivity index (χ1) is 5.65. The molecular weight excluding hydrogens is 175 g/mol. The molecule has 0 spiro atoms. The zero-order valence-corrected chi connectivity index (χ0v) is 6.32. The van der Waals surface area contributed by atoms with E-state index in [4.69, 9.17) is 14.3 Å². The van der Waals surface area contributed by atoms with Crippen molar-refractivity contribution in [3.05, 3.63) is 0 Å². The van der Waals surface area contributed by atoms with Crippen LogP contribution in [0.2, 0.25) is 0 Å². The van der Waals surface area contributed by atoms with Gasteiger partial charge in [-0.25, -0.2) is 9.18 Å². The maximum Gasteiger partial charge on any atom is 0.342 e. The summed E-state index contributed by atoms with van der Waals surface area (Å²) in [5.41, 5.74) is -2.02. The van der Waals surface area contributed by atoms with E-state index < -0.39 is 11.6 Å². The minimum absolute atomic E-state index is 0.0532. The standard InChI is InChI=1S/C6H10FNO2.F2/c7-6(5(9)10)2-1-3-8-4-6;1-2/h8H,1-4H2,(H,9,10);. The monoisotopic (exact) mass is 185 g/mol. The molecule has 2 N–H and O–H groups in total. The predicted molar refractivity (Wildman–Crippen MR) is 35.8 cm³/mol. The van der Waals surface area contributed by atoms with Gasteiger partial charge in [0, 0.05) is 15.7 Å². The Bertz CT molecular complexity index is 148. The first-order valence-electron chi connectivity index (χ1n) is 3.42. The maximum atomic E-state index is 13.0. The van der Waals surface area contributed by atoms with Crippen LogP contribution in [0.1, 0.15) is 12.8 Å². The third-order valence-corrected chi connectivity index (χ3v) is 1.72. The molecule has 0 aliphatic carbocycles. The van der Waals surface area contributed by atoms with Gasteiger partial charge in [0.1, 0.15) is 0 Å². The number of aliphatic carboxylic acids is 1. The van der Waals surface area contributed by atoms with E-state index >= 15 is 0 Å². The number of halogens is 3. The fraction of sp³-hybridized carbons (Fsp3) is 0.833. The second-order valence-electron chi connectivity index (χ2n) is 2.55. The van der Waals surface area contributed by atoms with Crippen LogP contribution in [0.15, 0.2) is 0 Å². The molecule has 0 bridgehead atoms. The fourth-order valence-electron chi connectivity index (χ4n) is 1.05. The van der Waals surface area contributed by atoms with E-state index in [1.807, 2.05) is 0 Å². The highest BCUT2D eigenvalue weighted by atomic mass is 20.0. The highest BCUT2D eigenvalue weighted by Crippen LogP contribution is 2.20. The van der Waals surface area contributed by atoms with Crippen molar-refractivity contribution in [2.24, 2.45) is 0 Å². The molecule has 1 rings (SSSR count). The average Bonchev–Trinajstić information content (AvgIpc) is 2.09. The minimum atomic E-state index is -2.02. The lowest BCUT2D eigenvalue weighted by atomic mass is 9.97. The fourth-order valence-corrected chi connectivity index (χ4v) is 1.05. The first-order valence-corrected chi connectivity index (χ1v) is 3.42. The molecule has 6 heteroatoms. The summed E-state index contributed by atoms with van der Waals surface area (Å²) in [7, 11) is 0. The molecule has 0 amide bonds. The van der Waals surface area contributed by atoms with E-state index in [9.17, 15) is 9.18 Å².